The molecule has 1 aliphatic rings. The van der Waals surface area contributed by atoms with Gasteiger partial charge in [-0.3, -0.25) is 24.6 Å². The minimum atomic E-state index is -1.22. The standard InChI is InChI=1S/C28H23N5O7S/c1-5-13-40-27(37)24-15(3)29-28(41-24)32-21(17-8-10-18(11-9-17)33(38)39)19(23(35)26(32)36)22(34)20-16(4)31-12-6-7-14(2)25(31)30-20/h5-12,21,34H,1,13H2,2-4H3/b22-19+. The van der Waals surface area contributed by atoms with Crippen molar-refractivity contribution >= 4 is 51.2 Å². The molecule has 1 fully saturated rings. The van der Waals surface area contributed by atoms with E-state index in [0.29, 0.717) is 16.9 Å². The number of aromatic nitrogens is 3. The van der Waals surface area contributed by atoms with Gasteiger partial charge in [0.1, 0.15) is 22.8 Å². The molecule has 5 rings (SSSR count). The molecule has 1 unspecified atom stereocenters. The minimum Gasteiger partial charge on any atom is -0.505 e. The molecule has 1 aliphatic heterocycles. The van der Waals surface area contributed by atoms with Gasteiger partial charge >= 0.3 is 11.9 Å². The van der Waals surface area contributed by atoms with Gasteiger partial charge in [0.25, 0.3) is 11.5 Å². The molecule has 0 radical (unpaired) electrons. The van der Waals surface area contributed by atoms with Gasteiger partial charge in [0.2, 0.25) is 0 Å². The van der Waals surface area contributed by atoms with Crippen LogP contribution in [0.2, 0.25) is 0 Å². The number of aliphatic hydroxyl groups excluding tert-OH is 1. The third-order valence-electron chi connectivity index (χ3n) is 6.68. The molecule has 208 valence electrons. The van der Waals surface area contributed by atoms with Crippen molar-refractivity contribution in [2.75, 3.05) is 11.5 Å². The Morgan fingerprint density at radius 1 is 1.20 bits per heavy atom. The van der Waals surface area contributed by atoms with E-state index in [1.807, 2.05) is 19.1 Å². The summed E-state index contributed by atoms with van der Waals surface area (Å²) >= 11 is 0.847. The van der Waals surface area contributed by atoms with Crippen molar-refractivity contribution in [2.24, 2.45) is 0 Å². The average Bonchev–Trinajstić information content (AvgIpc) is 3.59. The van der Waals surface area contributed by atoms with E-state index in [4.69, 9.17) is 4.74 Å². The lowest BCUT2D eigenvalue weighted by atomic mass is 9.96. The second kappa shape index (κ2) is 10.4. The number of amides is 1. The summed E-state index contributed by atoms with van der Waals surface area (Å²) in [5.41, 5.74) is 2.14. The van der Waals surface area contributed by atoms with Crippen molar-refractivity contribution < 1.29 is 29.2 Å². The summed E-state index contributed by atoms with van der Waals surface area (Å²) in [6, 6.07) is 7.72. The second-order valence-electron chi connectivity index (χ2n) is 9.25. The number of pyridine rings is 1. The third kappa shape index (κ3) is 4.55. The maximum atomic E-state index is 13.5. The first-order valence-corrected chi connectivity index (χ1v) is 13.1. The Morgan fingerprint density at radius 3 is 2.54 bits per heavy atom. The summed E-state index contributed by atoms with van der Waals surface area (Å²) in [6.07, 6.45) is 3.17. The van der Waals surface area contributed by atoms with Crippen LogP contribution in [0.25, 0.3) is 11.4 Å². The fraction of sp³-hybridized carbons (Fsp3) is 0.179. The maximum absolute atomic E-state index is 13.5. The van der Waals surface area contributed by atoms with Gasteiger partial charge in [-0.05, 0) is 50.1 Å². The molecular weight excluding hydrogens is 550 g/mol. The number of fused-ring (bicyclic) bond motifs is 1. The van der Waals surface area contributed by atoms with E-state index >= 15 is 0 Å². The number of hydrogen-bond acceptors (Lipinski definition) is 10. The normalized spacial score (nSPS) is 16.4. The molecular formula is C28H23N5O7S. The number of carbonyl (C=O) groups is 3. The summed E-state index contributed by atoms with van der Waals surface area (Å²) in [7, 11) is 0. The van der Waals surface area contributed by atoms with E-state index in [0.717, 1.165) is 21.8 Å². The topological polar surface area (TPSA) is 157 Å². The highest BCUT2D eigenvalue weighted by atomic mass is 32.1. The quantitative estimate of drug-likeness (QED) is 0.0635. The van der Waals surface area contributed by atoms with Gasteiger partial charge in [0.15, 0.2) is 10.9 Å². The number of esters is 1. The number of anilines is 1. The smallest absolute Gasteiger partial charge is 0.350 e. The van der Waals surface area contributed by atoms with E-state index in [-0.39, 0.29) is 39.3 Å². The zero-order chi connectivity index (χ0) is 29.6. The van der Waals surface area contributed by atoms with E-state index in [1.165, 1.54) is 30.3 Å². The average molecular weight is 574 g/mol. The Labute approximate surface area is 237 Å². The molecule has 12 nitrogen and oxygen atoms in total. The maximum Gasteiger partial charge on any atom is 0.350 e. The van der Waals surface area contributed by atoms with Crippen molar-refractivity contribution in [3.8, 4) is 0 Å². The van der Waals surface area contributed by atoms with Gasteiger partial charge in [-0.2, -0.15) is 0 Å². The van der Waals surface area contributed by atoms with Gasteiger partial charge in [-0.1, -0.05) is 30.1 Å². The van der Waals surface area contributed by atoms with Gasteiger partial charge in [-0.15, -0.1) is 0 Å². The predicted molar refractivity (Wildman–Crippen MR) is 150 cm³/mol. The van der Waals surface area contributed by atoms with Crippen LogP contribution in [0.5, 0.6) is 0 Å². The van der Waals surface area contributed by atoms with Crippen molar-refractivity contribution in [3.05, 3.63) is 104 Å². The molecule has 1 amide bonds. The number of nitrogens with zero attached hydrogens (tertiary/aromatic N) is 5. The number of carbonyl (C=O) groups excluding carboxylic acids is 3. The van der Waals surface area contributed by atoms with E-state index in [2.05, 4.69) is 16.5 Å². The van der Waals surface area contributed by atoms with Gasteiger partial charge in [0.05, 0.1) is 27.9 Å². The highest BCUT2D eigenvalue weighted by molar-refractivity contribution is 7.17. The van der Waals surface area contributed by atoms with Crippen LogP contribution in [-0.2, 0) is 14.3 Å². The number of imidazole rings is 1. The van der Waals surface area contributed by atoms with E-state index < -0.39 is 34.4 Å². The molecule has 4 heterocycles. The first-order valence-electron chi connectivity index (χ1n) is 12.3. The van der Waals surface area contributed by atoms with Crippen LogP contribution < -0.4 is 4.90 Å². The number of non-ortho nitro benzene ring substituents is 1. The first kappa shape index (κ1) is 27.4. The zero-order valence-corrected chi connectivity index (χ0v) is 23.0. The Hall–Kier alpha value is -5.17. The van der Waals surface area contributed by atoms with Crippen LogP contribution in [0, 0.1) is 30.9 Å². The molecule has 0 aliphatic carbocycles. The van der Waals surface area contributed by atoms with Gasteiger partial charge in [-0.25, -0.2) is 14.8 Å². The van der Waals surface area contributed by atoms with E-state index in [9.17, 15) is 29.6 Å². The Morgan fingerprint density at radius 2 is 1.90 bits per heavy atom. The largest absolute Gasteiger partial charge is 0.505 e. The lowest BCUT2D eigenvalue weighted by Gasteiger charge is -2.22. The monoisotopic (exact) mass is 573 g/mol. The number of nitro benzene ring substituents is 1. The van der Waals surface area contributed by atoms with Crippen LogP contribution in [-0.4, -0.2) is 48.7 Å². The predicted octanol–water partition coefficient (Wildman–Crippen LogP) is 4.59. The fourth-order valence-electron chi connectivity index (χ4n) is 4.67. The molecule has 0 spiro atoms. The number of nitro groups is 1. The van der Waals surface area contributed by atoms with Crippen LogP contribution in [0.1, 0.15) is 43.9 Å². The van der Waals surface area contributed by atoms with Crippen LogP contribution in [0.15, 0.2) is 60.8 Å². The highest BCUT2D eigenvalue weighted by Gasteiger charge is 2.49. The van der Waals surface area contributed by atoms with Crippen molar-refractivity contribution in [1.82, 2.24) is 14.4 Å². The summed E-state index contributed by atoms with van der Waals surface area (Å²) in [4.78, 5) is 60.5. The molecule has 4 aromatic rings. The number of ketones is 1. The zero-order valence-electron chi connectivity index (χ0n) is 22.2. The number of hydrogen-bond donors (Lipinski definition) is 1. The molecule has 0 bridgehead atoms. The number of aliphatic hydroxyl groups is 1. The minimum absolute atomic E-state index is 0.0140. The third-order valence-corrected chi connectivity index (χ3v) is 7.82. The van der Waals surface area contributed by atoms with Gasteiger partial charge < -0.3 is 14.2 Å². The Balaban J connectivity index is 1.71. The number of thiazole rings is 1. The summed E-state index contributed by atoms with van der Waals surface area (Å²) < 4.78 is 6.87. The fourth-order valence-corrected chi connectivity index (χ4v) is 5.66. The Kier molecular flexibility index (Phi) is 6.97. The molecule has 13 heteroatoms. The highest BCUT2D eigenvalue weighted by Crippen LogP contribution is 2.44. The van der Waals surface area contributed by atoms with Crippen molar-refractivity contribution in [1.29, 1.82) is 0 Å². The number of Topliss-reactive ketones (excluding diaryl/α,β-unsaturated/α-hetero) is 1. The summed E-state index contributed by atoms with van der Waals surface area (Å²) in [6.45, 7) is 8.61. The molecule has 1 atom stereocenters. The number of benzene rings is 1. The first-order chi connectivity index (χ1) is 19.5. The Bertz CT molecular complexity index is 1800. The lowest BCUT2D eigenvalue weighted by molar-refractivity contribution is -0.384. The molecule has 1 aromatic carbocycles. The molecule has 41 heavy (non-hydrogen) atoms. The molecule has 3 aromatic heterocycles. The molecule has 1 saturated heterocycles. The molecule has 1 N–H and O–H groups in total. The summed E-state index contributed by atoms with van der Waals surface area (Å²) in [5, 5.41) is 22.9. The summed E-state index contributed by atoms with van der Waals surface area (Å²) in [5.74, 6) is -3.17. The van der Waals surface area contributed by atoms with E-state index in [1.54, 1.807) is 24.4 Å². The van der Waals surface area contributed by atoms with Gasteiger partial charge in [0, 0.05) is 18.3 Å². The van der Waals surface area contributed by atoms with Crippen molar-refractivity contribution in [2.45, 2.75) is 26.8 Å². The SMILES string of the molecule is C=CCOC(=O)c1sc(N2C(=O)C(=O)/C(=C(/O)c3nc4c(C)cccn4c3C)C2c2ccc([N+](=O)[O-])cc2)nc1C. The van der Waals surface area contributed by atoms with Crippen molar-refractivity contribution in [3.63, 3.8) is 0 Å². The lowest BCUT2D eigenvalue weighted by Crippen LogP contribution is -2.29. The van der Waals surface area contributed by atoms with Crippen LogP contribution >= 0.6 is 11.3 Å². The number of ether oxygens (including phenoxy) is 1. The van der Waals surface area contributed by atoms with Crippen LogP contribution in [0.4, 0.5) is 10.8 Å². The number of aryl methyl sites for hydroxylation is 3. The van der Waals surface area contributed by atoms with Crippen LogP contribution in [0.3, 0.4) is 0 Å². The number of rotatable bonds is 7. The second-order valence-corrected chi connectivity index (χ2v) is 10.2. The molecule has 0 saturated carbocycles.